The molecule has 1 atom stereocenters. The molecular weight excluding hydrogens is 283 g/mol. The van der Waals surface area contributed by atoms with Crippen LogP contribution in [0.1, 0.15) is 18.1 Å². The number of carbonyl (C=O) groups is 1. The molecule has 3 nitrogen and oxygen atoms in total. The molecular formula is C17H19O3P. The Labute approximate surface area is 125 Å². The number of aliphatic carboxylic acids is 1. The van der Waals surface area contributed by atoms with Gasteiger partial charge in [-0.05, 0) is 18.1 Å². The van der Waals surface area contributed by atoms with Crippen molar-refractivity contribution in [1.29, 1.82) is 0 Å². The first-order valence-corrected chi connectivity index (χ1v) is 9.04. The third kappa shape index (κ3) is 4.05. The van der Waals surface area contributed by atoms with Gasteiger partial charge in [-0.1, -0.05) is 60.7 Å². The monoisotopic (exact) mass is 302 g/mol. The zero-order chi connectivity index (χ0) is 15.3. The van der Waals surface area contributed by atoms with E-state index in [0.717, 1.165) is 11.1 Å². The summed E-state index contributed by atoms with van der Waals surface area (Å²) in [6.45, 7) is 1.55. The van der Waals surface area contributed by atoms with Crippen molar-refractivity contribution in [3.8, 4) is 0 Å². The Kier molecular flexibility index (Phi) is 4.98. The summed E-state index contributed by atoms with van der Waals surface area (Å²) in [6, 6.07) is 18.9. The standard InChI is InChI=1S/C17H19O3P/c1-14(17(18)19)21(20,12-15-8-4-2-5-9-15)13-16-10-6-3-7-11-16/h2-11,14H,12-13H2,1H3,(H,18,19)/t14-/m1/s1. The van der Waals surface area contributed by atoms with Gasteiger partial charge in [-0.3, -0.25) is 4.79 Å². The maximum atomic E-state index is 13.3. The Morgan fingerprint density at radius 1 is 0.952 bits per heavy atom. The van der Waals surface area contributed by atoms with Gasteiger partial charge in [0.2, 0.25) is 0 Å². The minimum atomic E-state index is -2.91. The summed E-state index contributed by atoms with van der Waals surface area (Å²) in [4.78, 5) is 11.4. The first-order chi connectivity index (χ1) is 10.0. The molecule has 4 heteroatoms. The Bertz CT molecular complexity index is 592. The molecule has 0 aliphatic rings. The fourth-order valence-corrected chi connectivity index (χ4v) is 5.04. The molecule has 2 aromatic rings. The summed E-state index contributed by atoms with van der Waals surface area (Å²) < 4.78 is 13.3. The second-order valence-electron chi connectivity index (χ2n) is 5.25. The highest BCUT2D eigenvalue weighted by Gasteiger charge is 2.35. The van der Waals surface area contributed by atoms with Crippen LogP contribution in [0.2, 0.25) is 0 Å². The average molecular weight is 302 g/mol. The second kappa shape index (κ2) is 6.73. The third-order valence-corrected chi connectivity index (χ3v) is 7.08. The fourth-order valence-electron chi connectivity index (χ4n) is 2.32. The number of benzene rings is 2. The van der Waals surface area contributed by atoms with Gasteiger partial charge in [0.15, 0.2) is 0 Å². The van der Waals surface area contributed by atoms with Crippen LogP contribution < -0.4 is 0 Å². The van der Waals surface area contributed by atoms with Gasteiger partial charge in [-0.2, -0.15) is 0 Å². The Balaban J connectivity index is 2.30. The van der Waals surface area contributed by atoms with Crippen LogP contribution >= 0.6 is 7.14 Å². The maximum absolute atomic E-state index is 13.3. The molecule has 0 aromatic heterocycles. The highest BCUT2D eigenvalue weighted by Crippen LogP contribution is 2.56. The molecule has 2 aromatic carbocycles. The number of carboxylic acid groups (broad SMARTS) is 1. The molecule has 0 bridgehead atoms. The van der Waals surface area contributed by atoms with Crippen LogP contribution in [0.4, 0.5) is 0 Å². The first-order valence-electron chi connectivity index (χ1n) is 6.90. The van der Waals surface area contributed by atoms with Gasteiger partial charge in [0.25, 0.3) is 0 Å². The van der Waals surface area contributed by atoms with E-state index in [-0.39, 0.29) is 0 Å². The Hall–Kier alpha value is -1.86. The molecule has 1 N–H and O–H groups in total. The third-order valence-electron chi connectivity index (χ3n) is 3.65. The lowest BCUT2D eigenvalue weighted by atomic mass is 10.2. The van der Waals surface area contributed by atoms with Gasteiger partial charge in [0.1, 0.15) is 12.8 Å². The van der Waals surface area contributed by atoms with Crippen molar-refractivity contribution in [3.05, 3.63) is 71.8 Å². The zero-order valence-corrected chi connectivity index (χ0v) is 12.9. The van der Waals surface area contributed by atoms with E-state index in [1.807, 2.05) is 60.7 Å². The van der Waals surface area contributed by atoms with E-state index in [0.29, 0.717) is 12.3 Å². The van der Waals surface area contributed by atoms with Crippen LogP contribution in [0.25, 0.3) is 0 Å². The van der Waals surface area contributed by atoms with E-state index >= 15 is 0 Å². The van der Waals surface area contributed by atoms with Crippen molar-refractivity contribution < 1.29 is 14.5 Å². The summed E-state index contributed by atoms with van der Waals surface area (Å²) >= 11 is 0. The molecule has 2 rings (SSSR count). The Morgan fingerprint density at radius 2 is 1.33 bits per heavy atom. The summed E-state index contributed by atoms with van der Waals surface area (Å²) in [6.07, 6.45) is 0.631. The van der Waals surface area contributed by atoms with Gasteiger partial charge < -0.3 is 9.67 Å². The number of hydrogen-bond donors (Lipinski definition) is 1. The van der Waals surface area contributed by atoms with Crippen molar-refractivity contribution in [1.82, 2.24) is 0 Å². The van der Waals surface area contributed by atoms with Gasteiger partial charge in [-0.25, -0.2) is 0 Å². The Morgan fingerprint density at radius 3 is 1.67 bits per heavy atom. The van der Waals surface area contributed by atoms with Crippen LogP contribution in [-0.2, 0) is 21.7 Å². The quantitative estimate of drug-likeness (QED) is 0.813. The highest BCUT2D eigenvalue weighted by molar-refractivity contribution is 7.64. The zero-order valence-electron chi connectivity index (χ0n) is 12.0. The van der Waals surface area contributed by atoms with E-state index in [1.165, 1.54) is 0 Å². The lowest BCUT2D eigenvalue weighted by Crippen LogP contribution is -2.18. The smallest absolute Gasteiger partial charge is 0.313 e. The lowest BCUT2D eigenvalue weighted by molar-refractivity contribution is -0.136. The van der Waals surface area contributed by atoms with Crippen molar-refractivity contribution in [3.63, 3.8) is 0 Å². The summed E-state index contributed by atoms with van der Waals surface area (Å²) in [5.74, 6) is -0.995. The molecule has 0 saturated carbocycles. The van der Waals surface area contributed by atoms with Crippen molar-refractivity contribution >= 4 is 13.1 Å². The van der Waals surface area contributed by atoms with Crippen molar-refractivity contribution in [2.45, 2.75) is 24.9 Å². The van der Waals surface area contributed by atoms with Gasteiger partial charge in [0.05, 0.1) is 0 Å². The minimum Gasteiger partial charge on any atom is -0.481 e. The van der Waals surface area contributed by atoms with Crippen LogP contribution in [0.15, 0.2) is 60.7 Å². The predicted octanol–water partition coefficient (Wildman–Crippen LogP) is 4.22. The maximum Gasteiger partial charge on any atom is 0.313 e. The second-order valence-corrected chi connectivity index (χ2v) is 8.57. The number of carboxylic acids is 1. The largest absolute Gasteiger partial charge is 0.481 e. The molecule has 0 fully saturated rings. The summed E-state index contributed by atoms with van der Waals surface area (Å²) in [7, 11) is -2.91. The molecule has 0 radical (unpaired) electrons. The molecule has 0 spiro atoms. The van der Waals surface area contributed by atoms with E-state index in [9.17, 15) is 14.5 Å². The molecule has 0 unspecified atom stereocenters. The molecule has 110 valence electrons. The van der Waals surface area contributed by atoms with Gasteiger partial charge in [0, 0.05) is 12.3 Å². The predicted molar refractivity (Wildman–Crippen MR) is 85.0 cm³/mol. The average Bonchev–Trinajstić information content (AvgIpc) is 2.48. The topological polar surface area (TPSA) is 54.4 Å². The van der Waals surface area contributed by atoms with Crippen LogP contribution in [0.3, 0.4) is 0 Å². The van der Waals surface area contributed by atoms with E-state index < -0.39 is 18.8 Å². The van der Waals surface area contributed by atoms with Crippen molar-refractivity contribution in [2.24, 2.45) is 0 Å². The molecule has 0 aliphatic heterocycles. The molecule has 0 amide bonds. The summed E-state index contributed by atoms with van der Waals surface area (Å²) in [5, 5.41) is 9.30. The van der Waals surface area contributed by atoms with E-state index in [4.69, 9.17) is 0 Å². The van der Waals surface area contributed by atoms with Gasteiger partial charge >= 0.3 is 5.97 Å². The fraction of sp³-hybridized carbons (Fsp3) is 0.235. The lowest BCUT2D eigenvalue weighted by Gasteiger charge is -2.22. The number of rotatable bonds is 6. The van der Waals surface area contributed by atoms with Crippen LogP contribution in [0, 0.1) is 0 Å². The highest BCUT2D eigenvalue weighted by atomic mass is 31.2. The molecule has 21 heavy (non-hydrogen) atoms. The number of hydrogen-bond acceptors (Lipinski definition) is 2. The van der Waals surface area contributed by atoms with E-state index in [2.05, 4.69) is 0 Å². The molecule has 0 aliphatic carbocycles. The SMILES string of the molecule is C[C@H](C(=O)O)P(=O)(Cc1ccccc1)Cc1ccccc1. The normalized spacial score (nSPS) is 12.8. The molecule has 0 heterocycles. The van der Waals surface area contributed by atoms with Crippen LogP contribution in [0.5, 0.6) is 0 Å². The van der Waals surface area contributed by atoms with Crippen LogP contribution in [-0.4, -0.2) is 16.7 Å². The molecule has 0 saturated heterocycles. The van der Waals surface area contributed by atoms with E-state index in [1.54, 1.807) is 6.92 Å². The summed E-state index contributed by atoms with van der Waals surface area (Å²) in [5.41, 5.74) is 0.993. The van der Waals surface area contributed by atoms with Gasteiger partial charge in [-0.15, -0.1) is 0 Å². The van der Waals surface area contributed by atoms with Crippen molar-refractivity contribution in [2.75, 3.05) is 0 Å². The first kappa shape index (κ1) is 15.5. The minimum absolute atomic E-state index is 0.316.